The third-order valence-corrected chi connectivity index (χ3v) is 13.4. The molecule has 3 atom stereocenters. The number of carbonyl (C=O) groups is 3. The minimum atomic E-state index is -4.77. The number of hydrogen-bond acceptors (Lipinski definition) is 10. The Labute approximate surface area is 463 Å². The van der Waals surface area contributed by atoms with Crippen LogP contribution in [0.3, 0.4) is 0 Å². The second kappa shape index (κ2) is 57.6. The Bertz CT molecular complexity index is 1640. The molecular formula is C64H109O11P. The molecule has 0 aliphatic heterocycles. The number of aliphatic hydroxyl groups is 1. The van der Waals surface area contributed by atoms with Gasteiger partial charge in [0.1, 0.15) is 12.7 Å². The zero-order valence-electron chi connectivity index (χ0n) is 48.2. The van der Waals surface area contributed by atoms with Gasteiger partial charge in [-0.3, -0.25) is 23.4 Å². The first kappa shape index (κ1) is 72.4. The third-order valence-electron chi connectivity index (χ3n) is 12.5. The maximum Gasteiger partial charge on any atom is 0.472 e. The predicted octanol–water partition coefficient (Wildman–Crippen LogP) is 18.0. The topological polar surface area (TPSA) is 155 Å². The highest BCUT2D eigenvalue weighted by Gasteiger charge is 2.28. The van der Waals surface area contributed by atoms with Gasteiger partial charge in [0.15, 0.2) is 6.10 Å². The number of unbranched alkanes of at least 4 members (excludes halogenated alkanes) is 22. The van der Waals surface area contributed by atoms with E-state index in [0.717, 1.165) is 128 Å². The molecular weight excluding hydrogens is 976 g/mol. The summed E-state index contributed by atoms with van der Waals surface area (Å²) >= 11 is 0. The summed E-state index contributed by atoms with van der Waals surface area (Å²) in [7, 11) is -4.77. The minimum absolute atomic E-state index is 0.137. The normalized spacial score (nSPS) is 14.0. The number of phosphoric ester groups is 1. The van der Waals surface area contributed by atoms with Crippen LogP contribution in [-0.4, -0.2) is 66.5 Å². The molecule has 0 bridgehead atoms. The van der Waals surface area contributed by atoms with Crippen molar-refractivity contribution in [1.29, 1.82) is 0 Å². The summed E-state index contributed by atoms with van der Waals surface area (Å²) in [5, 5.41) is 9.81. The summed E-state index contributed by atoms with van der Waals surface area (Å²) in [4.78, 5) is 48.6. The Kier molecular flexibility index (Phi) is 54.8. The Morgan fingerprint density at radius 2 is 0.684 bits per heavy atom. The molecule has 0 aromatic rings. The maximum absolute atomic E-state index is 12.9. The van der Waals surface area contributed by atoms with Crippen LogP contribution in [0.2, 0.25) is 0 Å². The Morgan fingerprint density at radius 3 is 1.07 bits per heavy atom. The van der Waals surface area contributed by atoms with Crippen LogP contribution in [0.15, 0.2) is 97.2 Å². The number of allylic oxidation sites excluding steroid dienone is 16. The van der Waals surface area contributed by atoms with E-state index in [0.29, 0.717) is 19.3 Å². The molecule has 0 amide bonds. The van der Waals surface area contributed by atoms with Crippen LogP contribution >= 0.6 is 7.82 Å². The summed E-state index contributed by atoms with van der Waals surface area (Å²) in [6, 6.07) is 0. The molecule has 0 fully saturated rings. The lowest BCUT2D eigenvalue weighted by atomic mass is 10.1. The molecule has 436 valence electrons. The molecule has 3 unspecified atom stereocenters. The standard InChI is InChI=1S/C64H109O11P/c1-4-7-10-13-16-19-22-25-27-29-30-32-33-36-38-41-44-47-50-53-62(66)71-57-61(75-64(68)55-52-49-46-43-40-37-34-31-28-26-23-20-17-14-11-8-5-2)59-73-76(69,70)72-58-60(56-65)74-63(67)54-51-48-45-42-39-35-24-21-18-15-12-9-6-3/h9,12,16-21,25-28,30,32,35,39,60-61,65H,4-8,10-11,13-15,22-24,29,31,33-34,36-38,40-59H2,1-3H3,(H,69,70)/b12-9-,19-16-,20-17-,21-18-,27-25-,28-26-,32-30-,39-35-. The number of esters is 3. The van der Waals surface area contributed by atoms with E-state index in [2.05, 4.69) is 118 Å². The Morgan fingerprint density at radius 1 is 0.382 bits per heavy atom. The molecule has 2 N–H and O–H groups in total. The maximum atomic E-state index is 12.9. The van der Waals surface area contributed by atoms with Crippen LogP contribution in [0, 0.1) is 0 Å². The van der Waals surface area contributed by atoms with Gasteiger partial charge in [0.2, 0.25) is 0 Å². The van der Waals surface area contributed by atoms with E-state index >= 15 is 0 Å². The highest BCUT2D eigenvalue weighted by molar-refractivity contribution is 7.47. The van der Waals surface area contributed by atoms with Crippen LogP contribution in [0.5, 0.6) is 0 Å². The average Bonchev–Trinajstić information content (AvgIpc) is 3.41. The van der Waals surface area contributed by atoms with Crippen LogP contribution in [-0.2, 0) is 42.2 Å². The summed E-state index contributed by atoms with van der Waals surface area (Å²) in [5.41, 5.74) is 0. The van der Waals surface area contributed by atoms with E-state index in [1.54, 1.807) is 0 Å². The fraction of sp³-hybridized carbons (Fsp3) is 0.703. The first-order chi connectivity index (χ1) is 37.2. The van der Waals surface area contributed by atoms with Crippen LogP contribution in [0.4, 0.5) is 0 Å². The van der Waals surface area contributed by atoms with Crippen molar-refractivity contribution in [2.45, 2.75) is 264 Å². The first-order valence-electron chi connectivity index (χ1n) is 30.1. The van der Waals surface area contributed by atoms with E-state index in [1.165, 1.54) is 64.2 Å². The van der Waals surface area contributed by atoms with Crippen molar-refractivity contribution in [2.75, 3.05) is 26.4 Å². The van der Waals surface area contributed by atoms with Gasteiger partial charge < -0.3 is 24.2 Å². The summed E-state index contributed by atoms with van der Waals surface area (Å²) < 4.78 is 39.5. The number of hydrogen-bond donors (Lipinski definition) is 2. The molecule has 0 saturated carbocycles. The molecule has 0 saturated heterocycles. The van der Waals surface area contributed by atoms with Gasteiger partial charge in [-0.05, 0) is 122 Å². The lowest BCUT2D eigenvalue weighted by Gasteiger charge is -2.21. The summed E-state index contributed by atoms with van der Waals surface area (Å²) in [6.45, 7) is 4.43. The van der Waals surface area contributed by atoms with Gasteiger partial charge in [-0.15, -0.1) is 0 Å². The first-order valence-corrected chi connectivity index (χ1v) is 31.6. The number of carbonyl (C=O) groups excluding carboxylic acids is 3. The minimum Gasteiger partial charge on any atom is -0.462 e. The van der Waals surface area contributed by atoms with Crippen LogP contribution < -0.4 is 0 Å². The molecule has 12 heteroatoms. The Balaban J connectivity index is 4.78. The van der Waals surface area contributed by atoms with Gasteiger partial charge in [-0.1, -0.05) is 208 Å². The van der Waals surface area contributed by atoms with Gasteiger partial charge in [0, 0.05) is 19.3 Å². The van der Waals surface area contributed by atoms with Crippen molar-refractivity contribution in [3.8, 4) is 0 Å². The molecule has 0 aromatic carbocycles. The van der Waals surface area contributed by atoms with Crippen molar-refractivity contribution in [1.82, 2.24) is 0 Å². The number of phosphoric acid groups is 1. The van der Waals surface area contributed by atoms with Gasteiger partial charge in [-0.25, -0.2) is 4.57 Å². The zero-order valence-corrected chi connectivity index (χ0v) is 49.1. The molecule has 0 heterocycles. The molecule has 0 radical (unpaired) electrons. The van der Waals surface area contributed by atoms with E-state index in [1.807, 2.05) is 0 Å². The van der Waals surface area contributed by atoms with Crippen molar-refractivity contribution in [3.05, 3.63) is 97.2 Å². The van der Waals surface area contributed by atoms with Gasteiger partial charge in [0.05, 0.1) is 19.8 Å². The van der Waals surface area contributed by atoms with Crippen molar-refractivity contribution >= 4 is 25.7 Å². The smallest absolute Gasteiger partial charge is 0.462 e. The van der Waals surface area contributed by atoms with Crippen molar-refractivity contribution in [3.63, 3.8) is 0 Å². The largest absolute Gasteiger partial charge is 0.472 e. The summed E-state index contributed by atoms with van der Waals surface area (Å²) in [6.07, 6.45) is 67.9. The molecule has 76 heavy (non-hydrogen) atoms. The fourth-order valence-electron chi connectivity index (χ4n) is 7.88. The monoisotopic (exact) mass is 1080 g/mol. The highest BCUT2D eigenvalue weighted by Crippen LogP contribution is 2.43. The Hall–Kier alpha value is -3.60. The van der Waals surface area contributed by atoms with E-state index in [9.17, 15) is 28.9 Å². The molecule has 0 aliphatic carbocycles. The quantitative estimate of drug-likeness (QED) is 0.0197. The lowest BCUT2D eigenvalue weighted by molar-refractivity contribution is -0.161. The second-order valence-corrected chi connectivity index (χ2v) is 21.2. The zero-order chi connectivity index (χ0) is 55.5. The van der Waals surface area contributed by atoms with E-state index in [4.69, 9.17) is 23.3 Å². The third kappa shape index (κ3) is 55.2. The predicted molar refractivity (Wildman–Crippen MR) is 316 cm³/mol. The lowest BCUT2D eigenvalue weighted by Crippen LogP contribution is -2.30. The molecule has 0 aromatic heterocycles. The highest BCUT2D eigenvalue weighted by atomic mass is 31.2. The SMILES string of the molecule is CC/C=C\C/C=C\C/C=C\CCCCCC(=O)OC(CO)COP(=O)(O)OCC(COC(=O)CCCCCCCC/C=C\C/C=C\C/C=C\CCCCC)OC(=O)CCCCCCCCC/C=C\C/C=C\CCCCC. The van der Waals surface area contributed by atoms with E-state index in [-0.39, 0.29) is 25.9 Å². The van der Waals surface area contributed by atoms with E-state index < -0.39 is 57.8 Å². The number of aliphatic hydroxyl groups excluding tert-OH is 1. The van der Waals surface area contributed by atoms with Crippen LogP contribution in [0.1, 0.15) is 252 Å². The number of rotatable bonds is 55. The molecule has 0 spiro atoms. The summed E-state index contributed by atoms with van der Waals surface area (Å²) in [5.74, 6) is -1.52. The fourth-order valence-corrected chi connectivity index (χ4v) is 8.66. The molecule has 0 aliphatic rings. The average molecular weight is 1090 g/mol. The van der Waals surface area contributed by atoms with Crippen molar-refractivity contribution in [2.24, 2.45) is 0 Å². The van der Waals surface area contributed by atoms with Gasteiger partial charge in [-0.2, -0.15) is 0 Å². The molecule has 0 rings (SSSR count). The second-order valence-electron chi connectivity index (χ2n) is 19.8. The van der Waals surface area contributed by atoms with Gasteiger partial charge in [0.25, 0.3) is 0 Å². The number of ether oxygens (including phenoxy) is 3. The molecule has 11 nitrogen and oxygen atoms in total. The van der Waals surface area contributed by atoms with Crippen molar-refractivity contribution < 1.29 is 52.2 Å². The van der Waals surface area contributed by atoms with Crippen LogP contribution in [0.25, 0.3) is 0 Å². The van der Waals surface area contributed by atoms with Gasteiger partial charge >= 0.3 is 25.7 Å².